The molecule has 1 N–H and O–H groups in total. The molecule has 0 aromatic heterocycles. The second-order valence-electron chi connectivity index (χ2n) is 6.46. The van der Waals surface area contributed by atoms with Crippen molar-refractivity contribution in [3.63, 3.8) is 0 Å². The first-order valence-corrected chi connectivity index (χ1v) is 7.86. The SMILES string of the molecule is CCCC1(CN(C)CCN2CCCC2)CCNC1. The topological polar surface area (TPSA) is 18.5 Å². The van der Waals surface area contributed by atoms with E-state index in [1.54, 1.807) is 0 Å². The van der Waals surface area contributed by atoms with Gasteiger partial charge in [-0.05, 0) is 57.8 Å². The molecule has 2 aliphatic rings. The maximum Gasteiger partial charge on any atom is 0.0109 e. The second-order valence-corrected chi connectivity index (χ2v) is 6.46. The van der Waals surface area contributed by atoms with Crippen LogP contribution in [0.3, 0.4) is 0 Å². The van der Waals surface area contributed by atoms with Crippen LogP contribution in [0.5, 0.6) is 0 Å². The average Bonchev–Trinajstić information content (AvgIpc) is 2.98. The van der Waals surface area contributed by atoms with E-state index in [2.05, 4.69) is 29.1 Å². The van der Waals surface area contributed by atoms with Crippen molar-refractivity contribution in [2.75, 3.05) is 52.9 Å². The Morgan fingerprint density at radius 1 is 1.28 bits per heavy atom. The molecule has 3 nitrogen and oxygen atoms in total. The Kier molecular flexibility index (Phi) is 5.46. The van der Waals surface area contributed by atoms with Gasteiger partial charge in [0.2, 0.25) is 0 Å². The molecule has 3 heteroatoms. The van der Waals surface area contributed by atoms with E-state index in [0.717, 1.165) is 0 Å². The van der Waals surface area contributed by atoms with E-state index >= 15 is 0 Å². The molecule has 2 aliphatic heterocycles. The summed E-state index contributed by atoms with van der Waals surface area (Å²) in [4.78, 5) is 5.19. The molecule has 0 amide bonds. The van der Waals surface area contributed by atoms with Gasteiger partial charge in [0.25, 0.3) is 0 Å². The van der Waals surface area contributed by atoms with Crippen LogP contribution >= 0.6 is 0 Å². The lowest BCUT2D eigenvalue weighted by Gasteiger charge is -2.33. The molecular formula is C15H31N3. The third kappa shape index (κ3) is 3.94. The summed E-state index contributed by atoms with van der Waals surface area (Å²) in [6, 6.07) is 0. The van der Waals surface area contributed by atoms with E-state index in [9.17, 15) is 0 Å². The highest BCUT2D eigenvalue weighted by Gasteiger charge is 2.33. The quantitative estimate of drug-likeness (QED) is 0.746. The normalized spacial score (nSPS) is 29.5. The van der Waals surface area contributed by atoms with Crippen molar-refractivity contribution in [1.82, 2.24) is 15.1 Å². The minimum Gasteiger partial charge on any atom is -0.316 e. The predicted molar refractivity (Wildman–Crippen MR) is 78.0 cm³/mol. The van der Waals surface area contributed by atoms with Crippen LogP contribution in [0.25, 0.3) is 0 Å². The molecule has 18 heavy (non-hydrogen) atoms. The summed E-state index contributed by atoms with van der Waals surface area (Å²) in [5.41, 5.74) is 0.564. The largest absolute Gasteiger partial charge is 0.316 e. The number of hydrogen-bond acceptors (Lipinski definition) is 3. The zero-order valence-corrected chi connectivity index (χ0v) is 12.4. The van der Waals surface area contributed by atoms with Gasteiger partial charge < -0.3 is 15.1 Å². The molecule has 0 spiro atoms. The van der Waals surface area contributed by atoms with E-state index in [-0.39, 0.29) is 0 Å². The van der Waals surface area contributed by atoms with Gasteiger partial charge in [0.15, 0.2) is 0 Å². The maximum atomic E-state index is 3.56. The zero-order chi connectivity index (χ0) is 12.8. The van der Waals surface area contributed by atoms with Crippen LogP contribution in [0.4, 0.5) is 0 Å². The van der Waals surface area contributed by atoms with Crippen LogP contribution in [0.2, 0.25) is 0 Å². The minimum atomic E-state index is 0.564. The van der Waals surface area contributed by atoms with Crippen LogP contribution < -0.4 is 5.32 Å². The molecule has 106 valence electrons. The molecule has 0 aromatic carbocycles. The first kappa shape index (κ1) is 14.3. The molecule has 0 radical (unpaired) electrons. The number of likely N-dealkylation sites (tertiary alicyclic amines) is 1. The Hall–Kier alpha value is -0.120. The number of nitrogens with one attached hydrogen (secondary N) is 1. The van der Waals surface area contributed by atoms with Crippen molar-refractivity contribution in [3.8, 4) is 0 Å². The summed E-state index contributed by atoms with van der Waals surface area (Å²) < 4.78 is 0. The van der Waals surface area contributed by atoms with Crippen molar-refractivity contribution >= 4 is 0 Å². The fraction of sp³-hybridized carbons (Fsp3) is 1.00. The summed E-state index contributed by atoms with van der Waals surface area (Å²) in [6.07, 6.45) is 6.89. The zero-order valence-electron chi connectivity index (χ0n) is 12.4. The lowest BCUT2D eigenvalue weighted by atomic mass is 9.82. The van der Waals surface area contributed by atoms with Gasteiger partial charge in [-0.1, -0.05) is 13.3 Å². The van der Waals surface area contributed by atoms with E-state index < -0.39 is 0 Å². The lowest BCUT2D eigenvalue weighted by molar-refractivity contribution is 0.163. The molecule has 0 bridgehead atoms. The van der Waals surface area contributed by atoms with E-state index in [1.165, 1.54) is 77.9 Å². The highest BCUT2D eigenvalue weighted by atomic mass is 15.2. The van der Waals surface area contributed by atoms with Crippen molar-refractivity contribution in [1.29, 1.82) is 0 Å². The van der Waals surface area contributed by atoms with Gasteiger partial charge in [-0.3, -0.25) is 0 Å². The Bertz CT molecular complexity index is 230. The van der Waals surface area contributed by atoms with Gasteiger partial charge in [-0.15, -0.1) is 0 Å². The van der Waals surface area contributed by atoms with Gasteiger partial charge in [-0.25, -0.2) is 0 Å². The van der Waals surface area contributed by atoms with Gasteiger partial charge in [-0.2, -0.15) is 0 Å². The first-order valence-electron chi connectivity index (χ1n) is 7.86. The lowest BCUT2D eigenvalue weighted by Crippen LogP contribution is -2.40. The third-order valence-corrected chi connectivity index (χ3v) is 4.71. The van der Waals surface area contributed by atoms with Crippen molar-refractivity contribution < 1.29 is 0 Å². The smallest absolute Gasteiger partial charge is 0.0109 e. The van der Waals surface area contributed by atoms with Gasteiger partial charge in [0.1, 0.15) is 0 Å². The van der Waals surface area contributed by atoms with Crippen molar-refractivity contribution in [2.45, 2.75) is 39.0 Å². The van der Waals surface area contributed by atoms with E-state index in [4.69, 9.17) is 0 Å². The van der Waals surface area contributed by atoms with Crippen LogP contribution in [0.1, 0.15) is 39.0 Å². The highest BCUT2D eigenvalue weighted by Crippen LogP contribution is 2.31. The van der Waals surface area contributed by atoms with Crippen molar-refractivity contribution in [2.24, 2.45) is 5.41 Å². The molecule has 2 heterocycles. The monoisotopic (exact) mass is 253 g/mol. The molecule has 0 saturated carbocycles. The molecule has 1 atom stereocenters. The molecule has 2 rings (SSSR count). The Labute approximate surface area is 113 Å². The molecule has 0 aliphatic carbocycles. The predicted octanol–water partition coefficient (Wildman–Crippen LogP) is 1.79. The maximum absolute atomic E-state index is 3.56. The van der Waals surface area contributed by atoms with Crippen molar-refractivity contribution in [3.05, 3.63) is 0 Å². The van der Waals surface area contributed by atoms with Gasteiger partial charge >= 0.3 is 0 Å². The van der Waals surface area contributed by atoms with E-state index in [1.807, 2.05) is 0 Å². The number of nitrogens with zero attached hydrogens (tertiary/aromatic N) is 2. The molecule has 1 unspecified atom stereocenters. The van der Waals surface area contributed by atoms with Gasteiger partial charge in [0, 0.05) is 26.2 Å². The molecule has 2 fully saturated rings. The summed E-state index contributed by atoms with van der Waals surface area (Å²) in [7, 11) is 2.31. The Morgan fingerprint density at radius 2 is 2.06 bits per heavy atom. The summed E-state index contributed by atoms with van der Waals surface area (Å²) in [5, 5.41) is 3.56. The first-order chi connectivity index (χ1) is 8.74. The molecule has 2 saturated heterocycles. The number of rotatable bonds is 7. The van der Waals surface area contributed by atoms with Gasteiger partial charge in [0.05, 0.1) is 0 Å². The number of hydrogen-bond donors (Lipinski definition) is 1. The van der Waals surface area contributed by atoms with E-state index in [0.29, 0.717) is 5.41 Å². The third-order valence-electron chi connectivity index (χ3n) is 4.71. The molecular weight excluding hydrogens is 222 g/mol. The summed E-state index contributed by atoms with van der Waals surface area (Å²) in [6.45, 7) is 11.2. The highest BCUT2D eigenvalue weighted by molar-refractivity contribution is 4.89. The summed E-state index contributed by atoms with van der Waals surface area (Å²) >= 11 is 0. The van der Waals surface area contributed by atoms with Crippen LogP contribution in [0.15, 0.2) is 0 Å². The standard InChI is InChI=1S/C15H31N3/c1-3-6-15(7-8-16-13-15)14-17(2)11-12-18-9-4-5-10-18/h16H,3-14H2,1-2H3. The fourth-order valence-electron chi connectivity index (χ4n) is 3.72. The van der Waals surface area contributed by atoms with Crippen LogP contribution in [-0.4, -0.2) is 62.7 Å². The minimum absolute atomic E-state index is 0.564. The fourth-order valence-corrected chi connectivity index (χ4v) is 3.72. The number of likely N-dealkylation sites (N-methyl/N-ethyl adjacent to an activating group) is 1. The average molecular weight is 253 g/mol. The van der Waals surface area contributed by atoms with Crippen LogP contribution in [-0.2, 0) is 0 Å². The van der Waals surface area contributed by atoms with Crippen LogP contribution in [0, 0.1) is 5.41 Å². The summed E-state index contributed by atoms with van der Waals surface area (Å²) in [5.74, 6) is 0. The molecule has 0 aromatic rings. The Morgan fingerprint density at radius 3 is 2.67 bits per heavy atom. The Balaban J connectivity index is 1.72. The second kappa shape index (κ2) is 6.88.